The van der Waals surface area contributed by atoms with Crippen LogP contribution < -0.4 is 0 Å². The molecule has 0 spiro atoms. The van der Waals surface area contributed by atoms with Gasteiger partial charge in [0.25, 0.3) is 0 Å². The Balaban J connectivity index is 0.998. The monoisotopic (exact) mass is 727 g/mol. The second-order valence-electron chi connectivity index (χ2n) is 14.4. The Kier molecular flexibility index (Phi) is 7.78. The van der Waals surface area contributed by atoms with Gasteiger partial charge in [0.05, 0.1) is 0 Å². The van der Waals surface area contributed by atoms with Gasteiger partial charge in [0.2, 0.25) is 0 Å². The zero-order valence-corrected chi connectivity index (χ0v) is 30.8. The van der Waals surface area contributed by atoms with Crippen molar-refractivity contribution in [1.82, 2.24) is 15.0 Å². The van der Waals surface area contributed by atoms with Crippen LogP contribution in [0.25, 0.3) is 111 Å². The van der Waals surface area contributed by atoms with Crippen LogP contribution in [0.1, 0.15) is 0 Å². The number of fused-ring (bicyclic) bond motifs is 5. The Morgan fingerprint density at radius 2 is 0.772 bits per heavy atom. The Morgan fingerprint density at radius 3 is 1.53 bits per heavy atom. The lowest BCUT2D eigenvalue weighted by Gasteiger charge is -2.11. The lowest BCUT2D eigenvalue weighted by molar-refractivity contribution is 0.669. The number of furan rings is 1. The van der Waals surface area contributed by atoms with Gasteiger partial charge in [0.1, 0.15) is 11.2 Å². The average molecular weight is 728 g/mol. The predicted molar refractivity (Wildman–Crippen MR) is 235 cm³/mol. The van der Waals surface area contributed by atoms with E-state index in [1.165, 1.54) is 21.9 Å². The van der Waals surface area contributed by atoms with Crippen molar-refractivity contribution < 1.29 is 4.42 Å². The molecule has 0 atom stereocenters. The minimum Gasteiger partial charge on any atom is -0.456 e. The van der Waals surface area contributed by atoms with E-state index in [0.717, 1.165) is 71.7 Å². The van der Waals surface area contributed by atoms with Crippen molar-refractivity contribution in [2.24, 2.45) is 0 Å². The second-order valence-corrected chi connectivity index (χ2v) is 14.4. The molecule has 0 N–H and O–H groups in total. The van der Waals surface area contributed by atoms with Gasteiger partial charge < -0.3 is 4.42 Å². The molecule has 0 aliphatic rings. The van der Waals surface area contributed by atoms with Crippen LogP contribution in [0.2, 0.25) is 0 Å². The van der Waals surface area contributed by atoms with Gasteiger partial charge in [-0.15, -0.1) is 0 Å². The molecule has 0 fully saturated rings. The summed E-state index contributed by atoms with van der Waals surface area (Å²) in [6, 6.07) is 70.0. The van der Waals surface area contributed by atoms with E-state index in [1.54, 1.807) is 0 Å². The van der Waals surface area contributed by atoms with E-state index in [-0.39, 0.29) is 0 Å². The maximum absolute atomic E-state index is 6.20. The Bertz CT molecular complexity index is 3270. The number of benzene rings is 9. The Morgan fingerprint density at radius 1 is 0.281 bits per heavy atom. The third-order valence-electron chi connectivity index (χ3n) is 10.9. The van der Waals surface area contributed by atoms with Gasteiger partial charge in [-0.3, -0.25) is 0 Å². The summed E-state index contributed by atoms with van der Waals surface area (Å²) in [4.78, 5) is 15.3. The Hall–Kier alpha value is -7.69. The van der Waals surface area contributed by atoms with Gasteiger partial charge in [-0.2, -0.15) is 0 Å². The number of nitrogens with zero attached hydrogens (tertiary/aromatic N) is 3. The first kappa shape index (κ1) is 32.7. The lowest BCUT2D eigenvalue weighted by Crippen LogP contribution is -2.00. The molecule has 0 saturated carbocycles. The third-order valence-corrected chi connectivity index (χ3v) is 10.9. The number of hydrogen-bond donors (Lipinski definition) is 0. The normalized spacial score (nSPS) is 11.5. The summed E-state index contributed by atoms with van der Waals surface area (Å²) < 4.78 is 6.20. The standard InChI is InChI=1S/C53H33N3O/c1-2-10-34(11-3-1)35-20-24-38(25-21-35)51-54-52(39-26-22-37(23-27-39)45-16-8-13-36-12-4-5-14-44(36)45)56-53(55-51)43-31-29-40-32-42(30-28-41(40)33-43)46-17-9-19-49-50(46)47-15-6-7-18-48(47)57-49/h1-33H. The molecule has 11 rings (SSSR count). The summed E-state index contributed by atoms with van der Waals surface area (Å²) in [7, 11) is 0. The van der Waals surface area contributed by atoms with Crippen LogP contribution in [0.15, 0.2) is 205 Å². The van der Waals surface area contributed by atoms with E-state index < -0.39 is 0 Å². The fraction of sp³-hybridized carbons (Fsp3) is 0. The topological polar surface area (TPSA) is 51.8 Å². The highest BCUT2D eigenvalue weighted by atomic mass is 16.3. The van der Waals surface area contributed by atoms with Crippen LogP contribution >= 0.6 is 0 Å². The molecule has 0 aliphatic carbocycles. The molecule has 0 bridgehead atoms. The number of hydrogen-bond acceptors (Lipinski definition) is 4. The molecule has 2 aromatic heterocycles. The average Bonchev–Trinajstić information content (AvgIpc) is 3.68. The van der Waals surface area contributed by atoms with Crippen LogP contribution in [0.4, 0.5) is 0 Å². The first-order chi connectivity index (χ1) is 28.2. The van der Waals surface area contributed by atoms with Gasteiger partial charge in [-0.05, 0) is 79.2 Å². The highest BCUT2D eigenvalue weighted by Gasteiger charge is 2.16. The number of aromatic nitrogens is 3. The van der Waals surface area contributed by atoms with Crippen molar-refractivity contribution in [1.29, 1.82) is 0 Å². The summed E-state index contributed by atoms with van der Waals surface area (Å²) in [6.45, 7) is 0. The molecule has 4 heteroatoms. The van der Waals surface area contributed by atoms with Crippen LogP contribution in [-0.4, -0.2) is 15.0 Å². The van der Waals surface area contributed by atoms with Crippen molar-refractivity contribution >= 4 is 43.5 Å². The van der Waals surface area contributed by atoms with Crippen LogP contribution in [0, 0.1) is 0 Å². The molecule has 9 aromatic carbocycles. The van der Waals surface area contributed by atoms with Crippen molar-refractivity contribution in [2.75, 3.05) is 0 Å². The molecule has 4 nitrogen and oxygen atoms in total. The van der Waals surface area contributed by atoms with Gasteiger partial charge in [0.15, 0.2) is 17.5 Å². The van der Waals surface area contributed by atoms with E-state index >= 15 is 0 Å². The number of para-hydroxylation sites is 1. The summed E-state index contributed by atoms with van der Waals surface area (Å²) in [5, 5.41) is 6.95. The molecule has 0 unspecified atom stereocenters. The second kappa shape index (κ2) is 13.6. The summed E-state index contributed by atoms with van der Waals surface area (Å²) in [6.07, 6.45) is 0. The fourth-order valence-electron chi connectivity index (χ4n) is 8.05. The molecule has 0 radical (unpaired) electrons. The van der Waals surface area contributed by atoms with Crippen LogP contribution in [-0.2, 0) is 0 Å². The first-order valence-corrected chi connectivity index (χ1v) is 19.2. The van der Waals surface area contributed by atoms with E-state index in [4.69, 9.17) is 19.4 Å². The van der Waals surface area contributed by atoms with Gasteiger partial charge >= 0.3 is 0 Å². The van der Waals surface area contributed by atoms with E-state index in [9.17, 15) is 0 Å². The number of rotatable bonds is 6. The maximum Gasteiger partial charge on any atom is 0.164 e. The molecular formula is C53H33N3O. The van der Waals surface area contributed by atoms with Crippen molar-refractivity contribution in [3.63, 3.8) is 0 Å². The van der Waals surface area contributed by atoms with E-state index in [0.29, 0.717) is 17.5 Å². The largest absolute Gasteiger partial charge is 0.456 e. The Labute approximate surface area is 329 Å². The lowest BCUT2D eigenvalue weighted by atomic mass is 9.96. The quantitative estimate of drug-likeness (QED) is 0.171. The van der Waals surface area contributed by atoms with Crippen LogP contribution in [0.5, 0.6) is 0 Å². The molecule has 11 aromatic rings. The molecule has 0 amide bonds. The fourth-order valence-corrected chi connectivity index (χ4v) is 8.05. The molecule has 0 saturated heterocycles. The van der Waals surface area contributed by atoms with Gasteiger partial charge in [0, 0.05) is 27.5 Å². The van der Waals surface area contributed by atoms with Gasteiger partial charge in [-0.25, -0.2) is 15.0 Å². The summed E-state index contributed by atoms with van der Waals surface area (Å²) >= 11 is 0. The molecule has 0 aliphatic heterocycles. The zero-order valence-electron chi connectivity index (χ0n) is 30.8. The summed E-state index contributed by atoms with van der Waals surface area (Å²) in [5.74, 6) is 1.88. The highest BCUT2D eigenvalue weighted by molar-refractivity contribution is 6.13. The summed E-state index contributed by atoms with van der Waals surface area (Å²) in [5.41, 5.74) is 11.5. The zero-order chi connectivity index (χ0) is 37.7. The molecule has 57 heavy (non-hydrogen) atoms. The smallest absolute Gasteiger partial charge is 0.164 e. The predicted octanol–water partition coefficient (Wildman–Crippen LogP) is 14.1. The molecular weight excluding hydrogens is 695 g/mol. The van der Waals surface area contributed by atoms with Crippen LogP contribution in [0.3, 0.4) is 0 Å². The molecule has 266 valence electrons. The SMILES string of the molecule is c1ccc(-c2ccc(-c3nc(-c4ccc(-c5cccc6ccccc56)cc4)nc(-c4ccc5cc(-c6cccc7oc8ccccc8c67)ccc5c4)n3)cc2)cc1. The first-order valence-electron chi connectivity index (χ1n) is 19.2. The maximum atomic E-state index is 6.20. The van der Waals surface area contributed by atoms with E-state index in [1.807, 2.05) is 24.3 Å². The minimum atomic E-state index is 0.626. The van der Waals surface area contributed by atoms with Crippen molar-refractivity contribution in [3.8, 4) is 67.5 Å². The van der Waals surface area contributed by atoms with Gasteiger partial charge in [-0.1, -0.05) is 176 Å². The van der Waals surface area contributed by atoms with E-state index in [2.05, 4.69) is 176 Å². The van der Waals surface area contributed by atoms with Crippen molar-refractivity contribution in [3.05, 3.63) is 200 Å². The minimum absolute atomic E-state index is 0.626. The van der Waals surface area contributed by atoms with Crippen molar-refractivity contribution in [2.45, 2.75) is 0 Å². The third kappa shape index (κ3) is 5.92. The molecule has 2 heterocycles. The highest BCUT2D eigenvalue weighted by Crippen LogP contribution is 2.38.